The van der Waals surface area contributed by atoms with Crippen LogP contribution in [-0.2, 0) is 14.4 Å². The molecule has 8 atom stereocenters. The molecule has 29 heavy (non-hydrogen) atoms. The van der Waals surface area contributed by atoms with Crippen LogP contribution >= 0.6 is 0 Å². The lowest BCUT2D eigenvalue weighted by Crippen LogP contribution is -2.62. The zero-order valence-electron chi connectivity index (χ0n) is 18.2. The molecule has 0 amide bonds. The Morgan fingerprint density at radius 3 is 2.66 bits per heavy atom. The van der Waals surface area contributed by atoms with Gasteiger partial charge in [0.1, 0.15) is 6.61 Å². The van der Waals surface area contributed by atoms with Crippen LogP contribution in [0.4, 0.5) is 0 Å². The van der Waals surface area contributed by atoms with Gasteiger partial charge in [0.05, 0.1) is 12.7 Å². The van der Waals surface area contributed by atoms with Crippen LogP contribution < -0.4 is 5.48 Å². The molecule has 0 aromatic rings. The summed E-state index contributed by atoms with van der Waals surface area (Å²) in [5.74, 6) is 1.79. The summed E-state index contributed by atoms with van der Waals surface area (Å²) in [5, 5.41) is 12.2. The molecule has 0 aromatic heterocycles. The summed E-state index contributed by atoms with van der Waals surface area (Å²) in [6, 6.07) is 0.467. The fourth-order valence-electron chi connectivity index (χ4n) is 8.68. The predicted octanol–water partition coefficient (Wildman–Crippen LogP) is 3.76. The Balaban J connectivity index is 1.41. The fraction of sp³-hybridized carbons (Fsp3) is 0.875. The second-order valence-corrected chi connectivity index (χ2v) is 11.1. The first-order valence-electron chi connectivity index (χ1n) is 11.7. The number of fused-ring (bicyclic) bond motifs is 5. The van der Waals surface area contributed by atoms with Gasteiger partial charge in [0.15, 0.2) is 0 Å². The van der Waals surface area contributed by atoms with Crippen LogP contribution in [-0.4, -0.2) is 36.4 Å². The summed E-state index contributed by atoms with van der Waals surface area (Å²) in [7, 11) is 1.72. The number of cyclic esters (lactones) is 1. The third kappa shape index (κ3) is 2.73. The highest BCUT2D eigenvalue weighted by Gasteiger charge is 2.67. The lowest BCUT2D eigenvalue weighted by atomic mass is 9.43. The van der Waals surface area contributed by atoms with Crippen LogP contribution in [0.25, 0.3) is 0 Å². The fourth-order valence-corrected chi connectivity index (χ4v) is 8.68. The monoisotopic (exact) mass is 403 g/mol. The van der Waals surface area contributed by atoms with E-state index in [1.165, 1.54) is 25.7 Å². The summed E-state index contributed by atoms with van der Waals surface area (Å²) in [4.78, 5) is 16.9. The number of esters is 1. The molecule has 2 N–H and O–H groups in total. The van der Waals surface area contributed by atoms with Crippen molar-refractivity contribution in [1.29, 1.82) is 0 Å². The number of nitrogens with one attached hydrogen (secondary N) is 1. The molecule has 0 spiro atoms. The lowest BCUT2D eigenvalue weighted by molar-refractivity contribution is -0.206. The molecule has 0 aromatic carbocycles. The Labute approximate surface area is 174 Å². The van der Waals surface area contributed by atoms with Gasteiger partial charge in [0, 0.05) is 17.5 Å². The van der Waals surface area contributed by atoms with Crippen molar-refractivity contribution >= 4 is 5.97 Å². The van der Waals surface area contributed by atoms with Gasteiger partial charge in [-0.25, -0.2) is 4.79 Å². The van der Waals surface area contributed by atoms with Crippen molar-refractivity contribution in [3.63, 3.8) is 0 Å². The minimum absolute atomic E-state index is 0.133. The zero-order valence-corrected chi connectivity index (χ0v) is 18.2. The first-order valence-corrected chi connectivity index (χ1v) is 11.7. The molecule has 5 rings (SSSR count). The minimum atomic E-state index is -0.608. The number of ether oxygens (including phenoxy) is 1. The van der Waals surface area contributed by atoms with Crippen molar-refractivity contribution in [1.82, 2.24) is 5.48 Å². The maximum atomic E-state index is 12.2. The maximum Gasteiger partial charge on any atom is 0.331 e. The number of carbonyl (C=O) groups excluding carboxylic acids is 1. The molecule has 162 valence electrons. The molecule has 5 nitrogen and oxygen atoms in total. The normalized spacial score (nSPS) is 51.7. The van der Waals surface area contributed by atoms with Gasteiger partial charge in [-0.15, -0.1) is 0 Å². The standard InChI is InChI=1S/C24H37NO4/c1-22-9-6-17(25-28-3)13-16(22)4-5-20-19(22)7-10-23(2)18(8-11-24(20,23)27)15-12-21(26)29-14-15/h12,16-20,25,27H,4-11,13-14H2,1-3H3/t16?,17?,18?,19?,20?,22?,23?,24-/m1/s1. The van der Waals surface area contributed by atoms with Crippen molar-refractivity contribution in [3.8, 4) is 0 Å². The van der Waals surface area contributed by atoms with E-state index in [-0.39, 0.29) is 17.3 Å². The molecule has 1 heterocycles. The first kappa shape index (κ1) is 20.0. The van der Waals surface area contributed by atoms with E-state index in [0.29, 0.717) is 29.9 Å². The van der Waals surface area contributed by atoms with Crippen LogP contribution in [0.2, 0.25) is 0 Å². The number of hydroxylamine groups is 1. The Morgan fingerprint density at radius 1 is 1.10 bits per heavy atom. The van der Waals surface area contributed by atoms with Crippen molar-refractivity contribution in [2.75, 3.05) is 13.7 Å². The van der Waals surface area contributed by atoms with E-state index in [2.05, 4.69) is 19.3 Å². The average Bonchev–Trinajstić information content (AvgIpc) is 3.23. The van der Waals surface area contributed by atoms with Crippen LogP contribution in [0.15, 0.2) is 11.6 Å². The number of aliphatic hydroxyl groups is 1. The van der Waals surface area contributed by atoms with Crippen molar-refractivity contribution in [3.05, 3.63) is 11.6 Å². The van der Waals surface area contributed by atoms with Gasteiger partial charge in [0.25, 0.3) is 0 Å². The van der Waals surface area contributed by atoms with Crippen LogP contribution in [0, 0.1) is 34.5 Å². The highest BCUT2D eigenvalue weighted by Crippen LogP contribution is 2.69. The van der Waals surface area contributed by atoms with Gasteiger partial charge in [-0.3, -0.25) is 0 Å². The second-order valence-electron chi connectivity index (χ2n) is 11.1. The smallest absolute Gasteiger partial charge is 0.331 e. The second kappa shape index (κ2) is 6.80. The van der Waals surface area contributed by atoms with Crippen molar-refractivity contribution < 1.29 is 19.5 Å². The first-order chi connectivity index (χ1) is 13.8. The van der Waals surface area contributed by atoms with Gasteiger partial charge in [0.2, 0.25) is 0 Å². The summed E-state index contributed by atoms with van der Waals surface area (Å²) in [6.45, 7) is 5.25. The predicted molar refractivity (Wildman–Crippen MR) is 110 cm³/mol. The molecule has 1 aliphatic heterocycles. The van der Waals surface area contributed by atoms with Gasteiger partial charge in [-0.2, -0.15) is 5.48 Å². The Hall–Kier alpha value is -0.910. The number of hydrogen-bond donors (Lipinski definition) is 2. The highest BCUT2D eigenvalue weighted by atomic mass is 16.6. The molecule has 5 heteroatoms. The van der Waals surface area contributed by atoms with E-state index in [0.717, 1.165) is 43.6 Å². The lowest BCUT2D eigenvalue weighted by Gasteiger charge is -2.63. The highest BCUT2D eigenvalue weighted by molar-refractivity contribution is 5.85. The van der Waals surface area contributed by atoms with E-state index in [1.54, 1.807) is 13.2 Å². The number of hydrogen-bond acceptors (Lipinski definition) is 5. The molecule has 7 unspecified atom stereocenters. The Bertz CT molecular complexity index is 722. The van der Waals surface area contributed by atoms with E-state index < -0.39 is 5.60 Å². The van der Waals surface area contributed by atoms with Gasteiger partial charge in [-0.05, 0) is 92.4 Å². The number of rotatable bonds is 3. The SMILES string of the molecule is CONC1CCC2(C)C(CCC3C2CCC2(C)C(C4=CC(=O)OC4)CC[C@@]32O)C1. The van der Waals surface area contributed by atoms with Crippen LogP contribution in [0.5, 0.6) is 0 Å². The largest absolute Gasteiger partial charge is 0.458 e. The summed E-state index contributed by atoms with van der Waals surface area (Å²) in [6.07, 6.45) is 11.8. The minimum Gasteiger partial charge on any atom is -0.458 e. The molecule has 0 saturated heterocycles. The molecule has 4 saturated carbocycles. The zero-order chi connectivity index (χ0) is 20.4. The van der Waals surface area contributed by atoms with E-state index in [4.69, 9.17) is 9.57 Å². The molecule has 4 fully saturated rings. The molecular formula is C24H37NO4. The Kier molecular flexibility index (Phi) is 4.69. The summed E-state index contributed by atoms with van der Waals surface area (Å²) < 4.78 is 5.23. The molecule has 4 aliphatic carbocycles. The third-order valence-electron chi connectivity index (χ3n) is 10.3. The molecular weight excluding hydrogens is 366 g/mol. The van der Waals surface area contributed by atoms with Gasteiger partial charge in [-0.1, -0.05) is 13.8 Å². The molecule has 5 aliphatic rings. The van der Waals surface area contributed by atoms with Crippen LogP contribution in [0.1, 0.15) is 71.6 Å². The maximum absolute atomic E-state index is 12.2. The van der Waals surface area contributed by atoms with Crippen molar-refractivity contribution in [2.24, 2.45) is 34.5 Å². The summed E-state index contributed by atoms with van der Waals surface area (Å²) in [5.41, 5.74) is 3.91. The third-order valence-corrected chi connectivity index (χ3v) is 10.3. The van der Waals surface area contributed by atoms with E-state index in [9.17, 15) is 9.90 Å². The van der Waals surface area contributed by atoms with E-state index >= 15 is 0 Å². The van der Waals surface area contributed by atoms with Gasteiger partial charge >= 0.3 is 5.97 Å². The van der Waals surface area contributed by atoms with E-state index in [1.807, 2.05) is 0 Å². The molecule has 0 bridgehead atoms. The Morgan fingerprint density at radius 2 is 1.93 bits per heavy atom. The average molecular weight is 404 g/mol. The number of carbonyl (C=O) groups is 1. The molecule has 0 radical (unpaired) electrons. The van der Waals surface area contributed by atoms with Crippen molar-refractivity contribution in [2.45, 2.75) is 83.3 Å². The quantitative estimate of drug-likeness (QED) is 0.555. The summed E-state index contributed by atoms with van der Waals surface area (Å²) >= 11 is 0. The topological polar surface area (TPSA) is 67.8 Å². The van der Waals surface area contributed by atoms with Gasteiger partial charge < -0.3 is 14.7 Å². The van der Waals surface area contributed by atoms with Crippen LogP contribution in [0.3, 0.4) is 0 Å².